The predicted molar refractivity (Wildman–Crippen MR) is 95.3 cm³/mol. The van der Waals surface area contributed by atoms with Crippen molar-refractivity contribution in [3.63, 3.8) is 0 Å². The number of epoxide rings is 1. The molecule has 1 aliphatic heterocycles. The number of Topliss-reactive ketones (excluding diaryl/α,β-unsaturated/α-hetero) is 1. The van der Waals surface area contributed by atoms with Gasteiger partial charge < -0.3 is 25.8 Å². The van der Waals surface area contributed by atoms with Crippen molar-refractivity contribution in [3.8, 4) is 0 Å². The van der Waals surface area contributed by atoms with E-state index in [1.807, 2.05) is 13.8 Å². The van der Waals surface area contributed by atoms with Crippen molar-refractivity contribution in [2.75, 3.05) is 20.3 Å². The van der Waals surface area contributed by atoms with Crippen LogP contribution in [-0.4, -0.2) is 61.6 Å². The van der Waals surface area contributed by atoms with Gasteiger partial charge in [-0.05, 0) is 38.0 Å². The van der Waals surface area contributed by atoms with Crippen LogP contribution in [0.3, 0.4) is 0 Å². The van der Waals surface area contributed by atoms with Crippen LogP contribution in [0.4, 0.5) is 0 Å². The molecule has 8 nitrogen and oxygen atoms in total. The molecule has 0 aromatic carbocycles. The molecule has 8 heteroatoms. The van der Waals surface area contributed by atoms with E-state index in [0.29, 0.717) is 13.0 Å². The minimum atomic E-state index is -0.832. The summed E-state index contributed by atoms with van der Waals surface area (Å²) in [7, 11) is 1.46. The summed E-state index contributed by atoms with van der Waals surface area (Å²) in [5, 5.41) is 5.55. The summed E-state index contributed by atoms with van der Waals surface area (Å²) < 4.78 is 10.1. The van der Waals surface area contributed by atoms with Crippen LogP contribution in [0.25, 0.3) is 0 Å². The lowest BCUT2D eigenvalue weighted by molar-refractivity contribution is -0.134. The number of hydrogen-bond acceptors (Lipinski definition) is 6. The topological polar surface area (TPSA) is 123 Å². The Morgan fingerprint density at radius 2 is 1.85 bits per heavy atom. The molecule has 1 heterocycles. The number of ether oxygens (including phenoxy) is 2. The maximum Gasteiger partial charge on any atom is 0.243 e. The third kappa shape index (κ3) is 5.49. The van der Waals surface area contributed by atoms with Crippen LogP contribution in [0.5, 0.6) is 0 Å². The first kappa shape index (κ1) is 20.8. The Labute approximate surface area is 154 Å². The van der Waals surface area contributed by atoms with E-state index in [-0.39, 0.29) is 30.1 Å². The Kier molecular flexibility index (Phi) is 6.76. The summed E-state index contributed by atoms with van der Waals surface area (Å²) in [6.07, 6.45) is 2.25. The van der Waals surface area contributed by atoms with Gasteiger partial charge in [0.15, 0.2) is 5.78 Å². The van der Waals surface area contributed by atoms with Gasteiger partial charge in [-0.2, -0.15) is 0 Å². The Bertz CT molecular complexity index is 543. The second-order valence-corrected chi connectivity index (χ2v) is 7.96. The second-order valence-electron chi connectivity index (χ2n) is 7.96. The second kappa shape index (κ2) is 8.45. The average molecular weight is 369 g/mol. The fourth-order valence-electron chi connectivity index (χ4n) is 2.93. The van der Waals surface area contributed by atoms with E-state index < -0.39 is 29.6 Å². The van der Waals surface area contributed by atoms with Crippen molar-refractivity contribution in [1.82, 2.24) is 10.6 Å². The van der Waals surface area contributed by atoms with E-state index in [0.717, 1.165) is 12.8 Å². The normalized spacial score (nSPS) is 25.3. The quantitative estimate of drug-likeness (QED) is 0.431. The first-order valence-electron chi connectivity index (χ1n) is 9.21. The first-order chi connectivity index (χ1) is 12.2. The van der Waals surface area contributed by atoms with Gasteiger partial charge in [0.2, 0.25) is 11.8 Å². The minimum absolute atomic E-state index is 0.0784. The van der Waals surface area contributed by atoms with Gasteiger partial charge in [0.05, 0.1) is 19.3 Å². The summed E-state index contributed by atoms with van der Waals surface area (Å²) in [6.45, 7) is 6.18. The molecule has 1 saturated heterocycles. The largest absolute Gasteiger partial charge is 0.383 e. The number of nitrogens with two attached hydrogens (primary N) is 1. The molecule has 1 saturated carbocycles. The third-order valence-corrected chi connectivity index (χ3v) is 4.80. The zero-order valence-electron chi connectivity index (χ0n) is 16.0. The van der Waals surface area contributed by atoms with Crippen molar-refractivity contribution >= 4 is 17.6 Å². The Morgan fingerprint density at radius 1 is 1.23 bits per heavy atom. The highest BCUT2D eigenvalue weighted by Gasteiger charge is 2.50. The molecule has 2 amide bonds. The molecule has 1 unspecified atom stereocenters. The van der Waals surface area contributed by atoms with Crippen LogP contribution in [0, 0.1) is 11.8 Å². The van der Waals surface area contributed by atoms with E-state index in [1.54, 1.807) is 6.92 Å². The van der Waals surface area contributed by atoms with Gasteiger partial charge in [0, 0.05) is 7.11 Å². The molecular formula is C18H31N3O5. The fraction of sp³-hybridized carbons (Fsp3) is 0.833. The zero-order chi connectivity index (χ0) is 19.5. The van der Waals surface area contributed by atoms with E-state index in [4.69, 9.17) is 15.2 Å². The van der Waals surface area contributed by atoms with Gasteiger partial charge in [0.1, 0.15) is 17.7 Å². The molecule has 0 bridgehead atoms. The lowest BCUT2D eigenvalue weighted by atomic mass is 9.93. The summed E-state index contributed by atoms with van der Waals surface area (Å²) in [6, 6.07) is -2.14. The van der Waals surface area contributed by atoms with E-state index in [2.05, 4.69) is 10.6 Å². The molecule has 148 valence electrons. The number of carbonyl (C=O) groups is 3. The number of carbonyl (C=O) groups excluding carboxylic acids is 3. The maximum absolute atomic E-state index is 12.8. The van der Waals surface area contributed by atoms with E-state index >= 15 is 0 Å². The number of rotatable bonds is 11. The number of methoxy groups -OCH3 is 1. The summed E-state index contributed by atoms with van der Waals surface area (Å²) in [5.41, 5.74) is 4.94. The molecule has 0 spiro atoms. The van der Waals surface area contributed by atoms with Crippen LogP contribution in [0.1, 0.15) is 40.0 Å². The molecule has 0 aromatic heterocycles. The molecule has 1 aliphatic carbocycles. The number of ketones is 1. The van der Waals surface area contributed by atoms with Gasteiger partial charge in [-0.1, -0.05) is 13.8 Å². The molecule has 0 radical (unpaired) electrons. The lowest BCUT2D eigenvalue weighted by Gasteiger charge is -2.25. The monoisotopic (exact) mass is 369 g/mol. The van der Waals surface area contributed by atoms with Crippen LogP contribution < -0.4 is 16.4 Å². The van der Waals surface area contributed by atoms with Gasteiger partial charge in [0.25, 0.3) is 0 Å². The molecular weight excluding hydrogens is 338 g/mol. The van der Waals surface area contributed by atoms with E-state index in [1.165, 1.54) is 7.11 Å². The highest BCUT2D eigenvalue weighted by atomic mass is 16.6. The van der Waals surface area contributed by atoms with Crippen LogP contribution in [0.2, 0.25) is 0 Å². The highest BCUT2D eigenvalue weighted by Crippen LogP contribution is 2.33. The van der Waals surface area contributed by atoms with Gasteiger partial charge in [-0.15, -0.1) is 0 Å². The molecule has 0 aromatic rings. The van der Waals surface area contributed by atoms with Gasteiger partial charge in [-0.3, -0.25) is 14.4 Å². The Hall–Kier alpha value is -1.51. The molecule has 4 N–H and O–H groups in total. The van der Waals surface area contributed by atoms with Gasteiger partial charge >= 0.3 is 0 Å². The van der Waals surface area contributed by atoms with Crippen molar-refractivity contribution in [1.29, 1.82) is 0 Å². The minimum Gasteiger partial charge on any atom is -0.383 e. The molecule has 2 rings (SSSR count). The molecule has 26 heavy (non-hydrogen) atoms. The smallest absolute Gasteiger partial charge is 0.243 e. The standard InChI is InChI=1S/C18H31N3O5/c1-10(2)7-13(15(22)18(3)9-26-18)20-17(24)14(11-5-6-11)21-16(23)12(19)8-25-4/h10-14H,5-9,19H2,1-4H3,(H,20,24)(H,21,23)/t12-,13?,14-,18+/m0/s1. The number of hydrogen-bond donors (Lipinski definition) is 3. The third-order valence-electron chi connectivity index (χ3n) is 4.80. The highest BCUT2D eigenvalue weighted by molar-refractivity contribution is 5.98. The summed E-state index contributed by atoms with van der Waals surface area (Å²) >= 11 is 0. The lowest BCUT2D eigenvalue weighted by Crippen LogP contribution is -2.57. The predicted octanol–water partition coefficient (Wildman–Crippen LogP) is -0.256. The Morgan fingerprint density at radius 3 is 2.31 bits per heavy atom. The fourth-order valence-corrected chi connectivity index (χ4v) is 2.93. The maximum atomic E-state index is 12.8. The van der Waals surface area contributed by atoms with Crippen molar-refractivity contribution in [2.24, 2.45) is 17.6 Å². The van der Waals surface area contributed by atoms with Crippen molar-refractivity contribution in [2.45, 2.75) is 63.8 Å². The van der Waals surface area contributed by atoms with Crippen LogP contribution in [0.15, 0.2) is 0 Å². The first-order valence-corrected chi connectivity index (χ1v) is 9.21. The Balaban J connectivity index is 2.02. The SMILES string of the molecule is COC[C@H](N)C(=O)N[C@H](C(=O)NC(CC(C)C)C(=O)[C@@]1(C)CO1)C1CC1. The molecule has 2 aliphatic rings. The number of nitrogens with one attached hydrogen (secondary N) is 2. The van der Waals surface area contributed by atoms with Crippen LogP contribution in [-0.2, 0) is 23.9 Å². The van der Waals surface area contributed by atoms with Crippen molar-refractivity contribution < 1.29 is 23.9 Å². The summed E-state index contributed by atoms with van der Waals surface area (Å²) in [4.78, 5) is 37.6. The zero-order valence-corrected chi connectivity index (χ0v) is 16.0. The average Bonchev–Trinajstić information content (AvgIpc) is 3.47. The molecule has 4 atom stereocenters. The van der Waals surface area contributed by atoms with Gasteiger partial charge in [-0.25, -0.2) is 0 Å². The molecule has 2 fully saturated rings. The van der Waals surface area contributed by atoms with Crippen LogP contribution >= 0.6 is 0 Å². The summed E-state index contributed by atoms with van der Waals surface area (Å²) in [5.74, 6) is -0.569. The van der Waals surface area contributed by atoms with Crippen molar-refractivity contribution in [3.05, 3.63) is 0 Å². The number of amides is 2. The van der Waals surface area contributed by atoms with E-state index in [9.17, 15) is 14.4 Å².